The van der Waals surface area contributed by atoms with Crippen LogP contribution in [-0.2, 0) is 13.1 Å². The van der Waals surface area contributed by atoms with Crippen LogP contribution in [0.1, 0.15) is 51.3 Å². The van der Waals surface area contributed by atoms with Gasteiger partial charge in [0.2, 0.25) is 0 Å². The molecule has 0 radical (unpaired) electrons. The zero-order valence-corrected chi connectivity index (χ0v) is 14.2. The van der Waals surface area contributed by atoms with E-state index < -0.39 is 0 Å². The van der Waals surface area contributed by atoms with Gasteiger partial charge in [0.05, 0.1) is 12.1 Å². The summed E-state index contributed by atoms with van der Waals surface area (Å²) in [7, 11) is 0. The number of nitrogens with two attached hydrogens (primary N) is 1. The van der Waals surface area contributed by atoms with Crippen LogP contribution in [0.2, 0.25) is 0 Å². The van der Waals surface area contributed by atoms with Gasteiger partial charge in [0, 0.05) is 25.2 Å². The van der Waals surface area contributed by atoms with E-state index in [2.05, 4.69) is 5.32 Å². The third-order valence-corrected chi connectivity index (χ3v) is 4.41. The van der Waals surface area contributed by atoms with Crippen molar-refractivity contribution in [1.82, 2.24) is 10.2 Å². The Bertz CT molecular complexity index is 731. The van der Waals surface area contributed by atoms with Crippen molar-refractivity contribution >= 4 is 11.8 Å². The number of likely N-dealkylation sites (tertiary alicyclic amines) is 1. The molecule has 0 spiro atoms. The molecule has 1 fully saturated rings. The average Bonchev–Trinajstić information content (AvgIpc) is 3.16. The first-order chi connectivity index (χ1) is 12.2. The fourth-order valence-electron chi connectivity index (χ4n) is 2.94. The van der Waals surface area contributed by atoms with Crippen LogP contribution in [0.4, 0.5) is 0 Å². The molecular weight excluding hydrogens is 318 g/mol. The number of piperidine rings is 1. The lowest BCUT2D eigenvalue weighted by Crippen LogP contribution is -2.35. The summed E-state index contributed by atoms with van der Waals surface area (Å²) in [6.07, 6.45) is 4.76. The molecule has 0 atom stereocenters. The van der Waals surface area contributed by atoms with E-state index >= 15 is 0 Å². The Morgan fingerprint density at radius 2 is 1.80 bits per heavy atom. The molecule has 1 aromatic heterocycles. The number of furan rings is 1. The van der Waals surface area contributed by atoms with Crippen molar-refractivity contribution in [2.45, 2.75) is 32.4 Å². The lowest BCUT2D eigenvalue weighted by atomic mass is 10.1. The van der Waals surface area contributed by atoms with Gasteiger partial charge in [0.25, 0.3) is 11.8 Å². The Balaban J connectivity index is 1.55. The largest absolute Gasteiger partial charge is 0.467 e. The maximum atomic E-state index is 12.4. The van der Waals surface area contributed by atoms with E-state index in [9.17, 15) is 9.59 Å². The maximum Gasteiger partial charge on any atom is 0.254 e. The molecule has 6 nitrogen and oxygen atoms in total. The highest BCUT2D eigenvalue weighted by atomic mass is 16.3. The molecule has 2 amide bonds. The summed E-state index contributed by atoms with van der Waals surface area (Å²) >= 11 is 0. The predicted octanol–water partition coefficient (Wildman–Crippen LogP) is 2.29. The molecule has 1 aliphatic heterocycles. The van der Waals surface area contributed by atoms with E-state index in [1.807, 2.05) is 29.2 Å². The van der Waals surface area contributed by atoms with Gasteiger partial charge in [-0.1, -0.05) is 12.1 Å². The molecule has 1 saturated heterocycles. The van der Waals surface area contributed by atoms with Crippen molar-refractivity contribution in [3.8, 4) is 0 Å². The minimum Gasteiger partial charge on any atom is -0.467 e. The number of carbonyl (C=O) groups excluding carboxylic acids is 2. The standard InChI is InChI=1S/C19H23N3O3/c20-11-17-10-16(13-25-17)18(23)21-12-14-4-6-15(7-5-14)19(24)22-8-2-1-3-9-22/h4-7,10,13H,1-3,8-9,11-12,20H2,(H,21,23). The number of hydrogen-bond donors (Lipinski definition) is 2. The normalized spacial score (nSPS) is 14.4. The molecule has 3 N–H and O–H groups in total. The molecule has 1 aromatic carbocycles. The van der Waals surface area contributed by atoms with Gasteiger partial charge >= 0.3 is 0 Å². The van der Waals surface area contributed by atoms with Gasteiger partial charge in [0.1, 0.15) is 12.0 Å². The Labute approximate surface area is 147 Å². The lowest BCUT2D eigenvalue weighted by Gasteiger charge is -2.26. The van der Waals surface area contributed by atoms with Gasteiger partial charge in [-0.2, -0.15) is 0 Å². The van der Waals surface area contributed by atoms with Crippen LogP contribution in [-0.4, -0.2) is 29.8 Å². The second-order valence-electron chi connectivity index (χ2n) is 6.24. The number of nitrogens with zero attached hydrogens (tertiary/aromatic N) is 1. The summed E-state index contributed by atoms with van der Waals surface area (Å²) in [5, 5.41) is 2.83. The number of amides is 2. The van der Waals surface area contributed by atoms with E-state index in [4.69, 9.17) is 10.2 Å². The van der Waals surface area contributed by atoms with E-state index in [0.29, 0.717) is 23.4 Å². The third-order valence-electron chi connectivity index (χ3n) is 4.41. The van der Waals surface area contributed by atoms with Crippen molar-refractivity contribution in [2.24, 2.45) is 5.73 Å². The molecule has 2 heterocycles. The number of nitrogens with one attached hydrogen (secondary N) is 1. The second-order valence-corrected chi connectivity index (χ2v) is 6.24. The SMILES string of the molecule is NCc1cc(C(=O)NCc2ccc(C(=O)N3CCCCC3)cc2)co1. The quantitative estimate of drug-likeness (QED) is 0.873. The summed E-state index contributed by atoms with van der Waals surface area (Å²) in [5.41, 5.74) is 7.55. The third kappa shape index (κ3) is 4.28. The van der Waals surface area contributed by atoms with E-state index in [1.54, 1.807) is 6.07 Å². The van der Waals surface area contributed by atoms with Gasteiger partial charge < -0.3 is 20.4 Å². The minimum absolute atomic E-state index is 0.0861. The van der Waals surface area contributed by atoms with Crippen LogP contribution >= 0.6 is 0 Å². The lowest BCUT2D eigenvalue weighted by molar-refractivity contribution is 0.0724. The van der Waals surface area contributed by atoms with Crippen molar-refractivity contribution < 1.29 is 14.0 Å². The summed E-state index contributed by atoms with van der Waals surface area (Å²) in [5.74, 6) is 0.450. The fourth-order valence-corrected chi connectivity index (χ4v) is 2.94. The van der Waals surface area contributed by atoms with Gasteiger partial charge in [0.15, 0.2) is 0 Å². The molecule has 3 rings (SSSR count). The van der Waals surface area contributed by atoms with Crippen LogP contribution < -0.4 is 11.1 Å². The molecule has 25 heavy (non-hydrogen) atoms. The summed E-state index contributed by atoms with van der Waals surface area (Å²) in [6.45, 7) is 2.33. The Morgan fingerprint density at radius 1 is 1.08 bits per heavy atom. The number of carbonyl (C=O) groups is 2. The van der Waals surface area contributed by atoms with Gasteiger partial charge in [-0.3, -0.25) is 9.59 Å². The molecule has 0 saturated carbocycles. The van der Waals surface area contributed by atoms with E-state index in [1.165, 1.54) is 12.7 Å². The summed E-state index contributed by atoms with van der Waals surface area (Å²) in [6, 6.07) is 9.03. The Morgan fingerprint density at radius 3 is 2.44 bits per heavy atom. The highest BCUT2D eigenvalue weighted by Crippen LogP contribution is 2.14. The predicted molar refractivity (Wildman–Crippen MR) is 94.0 cm³/mol. The highest BCUT2D eigenvalue weighted by molar-refractivity contribution is 5.95. The van der Waals surface area contributed by atoms with Gasteiger partial charge in [-0.05, 0) is 43.0 Å². The molecule has 0 unspecified atom stereocenters. The van der Waals surface area contributed by atoms with Crippen molar-refractivity contribution in [1.29, 1.82) is 0 Å². The van der Waals surface area contributed by atoms with Crippen molar-refractivity contribution in [2.75, 3.05) is 13.1 Å². The van der Waals surface area contributed by atoms with Gasteiger partial charge in [-0.15, -0.1) is 0 Å². The molecule has 0 bridgehead atoms. The number of rotatable bonds is 5. The molecule has 0 aliphatic carbocycles. The molecule has 1 aliphatic rings. The summed E-state index contributed by atoms with van der Waals surface area (Å²) in [4.78, 5) is 26.4. The summed E-state index contributed by atoms with van der Waals surface area (Å²) < 4.78 is 5.16. The van der Waals surface area contributed by atoms with E-state index in [-0.39, 0.29) is 18.4 Å². The Hall–Kier alpha value is -2.60. The van der Waals surface area contributed by atoms with Gasteiger partial charge in [-0.25, -0.2) is 0 Å². The van der Waals surface area contributed by atoms with Crippen LogP contribution in [0, 0.1) is 0 Å². The average molecular weight is 341 g/mol. The smallest absolute Gasteiger partial charge is 0.254 e. The topological polar surface area (TPSA) is 88.6 Å². The molecule has 6 heteroatoms. The van der Waals surface area contributed by atoms with Crippen LogP contribution in [0.3, 0.4) is 0 Å². The zero-order chi connectivity index (χ0) is 17.6. The fraction of sp³-hybridized carbons (Fsp3) is 0.368. The second kappa shape index (κ2) is 7.98. The van der Waals surface area contributed by atoms with Crippen LogP contribution in [0.5, 0.6) is 0 Å². The molecule has 2 aromatic rings. The minimum atomic E-state index is -0.211. The zero-order valence-electron chi connectivity index (χ0n) is 14.2. The number of benzene rings is 1. The first-order valence-corrected chi connectivity index (χ1v) is 8.61. The molecule has 132 valence electrons. The highest BCUT2D eigenvalue weighted by Gasteiger charge is 2.18. The number of hydrogen-bond acceptors (Lipinski definition) is 4. The van der Waals surface area contributed by atoms with Crippen LogP contribution in [0.15, 0.2) is 41.0 Å². The Kier molecular flexibility index (Phi) is 5.50. The molecular formula is C19H23N3O3. The van der Waals surface area contributed by atoms with E-state index in [0.717, 1.165) is 31.5 Å². The first-order valence-electron chi connectivity index (χ1n) is 8.61. The van der Waals surface area contributed by atoms with Crippen molar-refractivity contribution in [3.05, 3.63) is 59.0 Å². The van der Waals surface area contributed by atoms with Crippen LogP contribution in [0.25, 0.3) is 0 Å². The monoisotopic (exact) mass is 341 g/mol. The van der Waals surface area contributed by atoms with Crippen molar-refractivity contribution in [3.63, 3.8) is 0 Å². The maximum absolute atomic E-state index is 12.4. The first kappa shape index (κ1) is 17.2.